The summed E-state index contributed by atoms with van der Waals surface area (Å²) in [4.78, 5) is 23.5. The van der Waals surface area contributed by atoms with Gasteiger partial charge in [0.25, 0.3) is 0 Å². The van der Waals surface area contributed by atoms with Crippen LogP contribution in [-0.4, -0.2) is 34.5 Å². The molecule has 1 atom stereocenters. The second kappa shape index (κ2) is 7.91. The van der Waals surface area contributed by atoms with Crippen LogP contribution in [0.3, 0.4) is 0 Å². The predicted molar refractivity (Wildman–Crippen MR) is 80.8 cm³/mol. The summed E-state index contributed by atoms with van der Waals surface area (Å²) in [5, 5.41) is 12.2. The van der Waals surface area contributed by atoms with Crippen LogP contribution < -0.4 is 5.32 Å². The van der Waals surface area contributed by atoms with Crippen molar-refractivity contribution in [2.24, 2.45) is 11.8 Å². The highest BCUT2D eigenvalue weighted by Crippen LogP contribution is 2.28. The average molecular weight is 299 g/mol. The van der Waals surface area contributed by atoms with E-state index in [-0.39, 0.29) is 11.8 Å². The molecular formula is C15H25NO3S. The Balaban J connectivity index is 1.83. The number of carbonyl (C=O) groups is 2. The molecule has 0 aromatic rings. The van der Waals surface area contributed by atoms with Crippen LogP contribution >= 0.6 is 11.8 Å². The molecule has 0 spiro atoms. The van der Waals surface area contributed by atoms with Crippen molar-refractivity contribution >= 4 is 23.6 Å². The van der Waals surface area contributed by atoms with Crippen LogP contribution in [0.5, 0.6) is 0 Å². The van der Waals surface area contributed by atoms with Crippen LogP contribution in [0, 0.1) is 11.8 Å². The Hall–Kier alpha value is -0.710. The van der Waals surface area contributed by atoms with Crippen molar-refractivity contribution in [1.82, 2.24) is 5.32 Å². The van der Waals surface area contributed by atoms with Gasteiger partial charge in [-0.05, 0) is 49.0 Å². The normalized spacial score (nSPS) is 23.2. The zero-order valence-corrected chi connectivity index (χ0v) is 12.8. The summed E-state index contributed by atoms with van der Waals surface area (Å²) in [6.07, 6.45) is 7.88. The van der Waals surface area contributed by atoms with Crippen LogP contribution in [-0.2, 0) is 9.59 Å². The Morgan fingerprint density at radius 1 is 1.10 bits per heavy atom. The molecule has 0 bridgehead atoms. The Morgan fingerprint density at radius 2 is 1.75 bits per heavy atom. The molecule has 1 amide bonds. The monoisotopic (exact) mass is 299 g/mol. The highest BCUT2D eigenvalue weighted by Gasteiger charge is 2.31. The van der Waals surface area contributed by atoms with Crippen LogP contribution in [0.15, 0.2) is 0 Å². The summed E-state index contributed by atoms with van der Waals surface area (Å²) in [5.74, 6) is 1.87. The van der Waals surface area contributed by atoms with Gasteiger partial charge in [-0.2, -0.15) is 11.8 Å². The molecule has 20 heavy (non-hydrogen) atoms. The van der Waals surface area contributed by atoms with E-state index >= 15 is 0 Å². The first-order valence-electron chi connectivity index (χ1n) is 7.76. The lowest BCUT2D eigenvalue weighted by Crippen LogP contribution is -2.47. The number of carbonyl (C=O) groups excluding carboxylic acids is 1. The summed E-state index contributed by atoms with van der Waals surface area (Å²) in [7, 11) is 0. The zero-order chi connectivity index (χ0) is 14.4. The van der Waals surface area contributed by atoms with E-state index in [9.17, 15) is 14.7 Å². The Kier molecular flexibility index (Phi) is 6.20. The van der Waals surface area contributed by atoms with Crippen LogP contribution in [0.4, 0.5) is 0 Å². The van der Waals surface area contributed by atoms with E-state index in [0.717, 1.165) is 50.0 Å². The third-order valence-corrected chi connectivity index (χ3v) is 5.57. The van der Waals surface area contributed by atoms with Crippen molar-refractivity contribution in [2.45, 2.75) is 57.4 Å². The third-order valence-electron chi connectivity index (χ3n) is 4.52. The molecule has 1 unspecified atom stereocenters. The number of hydrogen-bond donors (Lipinski definition) is 2. The van der Waals surface area contributed by atoms with E-state index in [1.807, 2.05) is 11.8 Å². The van der Waals surface area contributed by atoms with E-state index in [4.69, 9.17) is 0 Å². The second-order valence-electron chi connectivity index (χ2n) is 6.04. The molecule has 0 aromatic carbocycles. The molecule has 1 aliphatic carbocycles. The highest BCUT2D eigenvalue weighted by atomic mass is 32.2. The smallest absolute Gasteiger partial charge is 0.326 e. The number of thioether (sulfide) groups is 1. The fourth-order valence-electron chi connectivity index (χ4n) is 3.29. The lowest BCUT2D eigenvalue weighted by Gasteiger charge is -2.29. The molecule has 5 heteroatoms. The van der Waals surface area contributed by atoms with Crippen molar-refractivity contribution in [3.05, 3.63) is 0 Å². The van der Waals surface area contributed by atoms with Crippen LogP contribution in [0.1, 0.15) is 51.4 Å². The quantitative estimate of drug-likeness (QED) is 0.819. The number of carboxylic acid groups (broad SMARTS) is 1. The molecule has 0 radical (unpaired) electrons. The van der Waals surface area contributed by atoms with Crippen LogP contribution in [0.25, 0.3) is 0 Å². The molecule has 2 fully saturated rings. The molecule has 2 N–H and O–H groups in total. The number of amides is 1. The van der Waals surface area contributed by atoms with Gasteiger partial charge >= 0.3 is 5.97 Å². The van der Waals surface area contributed by atoms with Gasteiger partial charge < -0.3 is 10.4 Å². The topological polar surface area (TPSA) is 66.4 Å². The number of hydrogen-bond acceptors (Lipinski definition) is 3. The lowest BCUT2D eigenvalue weighted by atomic mass is 9.83. The van der Waals surface area contributed by atoms with Crippen molar-refractivity contribution in [2.75, 3.05) is 11.5 Å². The Morgan fingerprint density at radius 3 is 2.35 bits per heavy atom. The van der Waals surface area contributed by atoms with Crippen molar-refractivity contribution in [3.63, 3.8) is 0 Å². The lowest BCUT2D eigenvalue weighted by molar-refractivity contribution is -0.144. The van der Waals surface area contributed by atoms with Gasteiger partial charge in [0.15, 0.2) is 0 Å². The third kappa shape index (κ3) is 4.69. The van der Waals surface area contributed by atoms with Crippen molar-refractivity contribution < 1.29 is 14.7 Å². The van der Waals surface area contributed by atoms with Crippen molar-refractivity contribution in [3.8, 4) is 0 Å². The maximum absolute atomic E-state index is 12.1. The van der Waals surface area contributed by atoms with Gasteiger partial charge in [-0.1, -0.05) is 19.3 Å². The van der Waals surface area contributed by atoms with E-state index in [2.05, 4.69) is 5.32 Å². The van der Waals surface area contributed by atoms with Gasteiger partial charge in [0.2, 0.25) is 5.91 Å². The number of rotatable bonds is 5. The minimum absolute atomic E-state index is 0.0696. The molecule has 1 saturated carbocycles. The zero-order valence-electron chi connectivity index (χ0n) is 12.0. The largest absolute Gasteiger partial charge is 0.480 e. The summed E-state index contributed by atoms with van der Waals surface area (Å²) < 4.78 is 0. The minimum Gasteiger partial charge on any atom is -0.480 e. The van der Waals surface area contributed by atoms with E-state index < -0.39 is 12.0 Å². The second-order valence-corrected chi connectivity index (χ2v) is 7.27. The fourth-order valence-corrected chi connectivity index (χ4v) is 4.50. The molecule has 1 saturated heterocycles. The average Bonchev–Trinajstić information content (AvgIpc) is 2.46. The summed E-state index contributed by atoms with van der Waals surface area (Å²) in [6, 6.07) is -0.680. The maximum atomic E-state index is 12.1. The first kappa shape index (κ1) is 15.7. The Labute approximate surface area is 125 Å². The highest BCUT2D eigenvalue weighted by molar-refractivity contribution is 7.99. The predicted octanol–water partition coefficient (Wildman–Crippen LogP) is 2.67. The molecule has 114 valence electrons. The summed E-state index contributed by atoms with van der Waals surface area (Å²) in [6.45, 7) is 0. The van der Waals surface area contributed by atoms with E-state index in [0.29, 0.717) is 12.3 Å². The summed E-state index contributed by atoms with van der Waals surface area (Å²) >= 11 is 1.94. The standard InChI is InChI=1S/C15H25NO3S/c17-13(10-11-6-8-20-9-7-11)16-14(15(18)19)12-4-2-1-3-5-12/h11-12,14H,1-10H2,(H,16,17)(H,18,19). The van der Waals surface area contributed by atoms with E-state index in [1.165, 1.54) is 6.42 Å². The molecule has 4 nitrogen and oxygen atoms in total. The van der Waals surface area contributed by atoms with Gasteiger partial charge in [-0.15, -0.1) is 0 Å². The molecule has 1 aliphatic heterocycles. The molecule has 0 aromatic heterocycles. The fraction of sp³-hybridized carbons (Fsp3) is 0.867. The van der Waals surface area contributed by atoms with Crippen molar-refractivity contribution in [1.29, 1.82) is 0 Å². The van der Waals surface area contributed by atoms with Gasteiger partial charge in [-0.3, -0.25) is 4.79 Å². The first-order valence-corrected chi connectivity index (χ1v) is 8.92. The molecule has 1 heterocycles. The minimum atomic E-state index is -0.871. The number of aliphatic carboxylic acids is 1. The maximum Gasteiger partial charge on any atom is 0.326 e. The van der Waals surface area contributed by atoms with E-state index in [1.54, 1.807) is 0 Å². The SMILES string of the molecule is O=C(CC1CCSCC1)NC(C(=O)O)C1CCCCC1. The van der Waals surface area contributed by atoms with Crippen LogP contribution in [0.2, 0.25) is 0 Å². The van der Waals surface area contributed by atoms with Gasteiger partial charge in [0, 0.05) is 6.42 Å². The first-order chi connectivity index (χ1) is 9.66. The van der Waals surface area contributed by atoms with Gasteiger partial charge in [0.1, 0.15) is 6.04 Å². The number of carboxylic acids is 1. The molecule has 2 aliphatic rings. The van der Waals surface area contributed by atoms with Gasteiger partial charge in [-0.25, -0.2) is 4.79 Å². The number of nitrogens with one attached hydrogen (secondary N) is 1. The summed E-state index contributed by atoms with van der Waals surface area (Å²) in [5.41, 5.74) is 0. The molecule has 2 rings (SSSR count). The molecular weight excluding hydrogens is 274 g/mol. The Bertz CT molecular complexity index is 336. The van der Waals surface area contributed by atoms with Gasteiger partial charge in [0.05, 0.1) is 0 Å².